The summed E-state index contributed by atoms with van der Waals surface area (Å²) >= 11 is 0. The predicted octanol–water partition coefficient (Wildman–Crippen LogP) is 2.78. The van der Waals surface area contributed by atoms with Crippen molar-refractivity contribution in [2.24, 2.45) is 0 Å². The number of anilines is 1. The topological polar surface area (TPSA) is 21.3 Å². The van der Waals surface area contributed by atoms with Gasteiger partial charge in [-0.05, 0) is 24.6 Å². The molecule has 0 fully saturated rings. The van der Waals surface area contributed by atoms with Crippen LogP contribution in [-0.4, -0.2) is 6.73 Å². The highest BCUT2D eigenvalue weighted by Crippen LogP contribution is 2.39. The molecular formula is C9H8F3NO. The van der Waals surface area contributed by atoms with E-state index < -0.39 is 11.7 Å². The van der Waals surface area contributed by atoms with Crippen LogP contribution in [0.25, 0.3) is 0 Å². The number of rotatable bonds is 0. The number of hydrogen-bond donors (Lipinski definition) is 1. The third kappa shape index (κ3) is 1.38. The van der Waals surface area contributed by atoms with Crippen LogP contribution in [0.3, 0.4) is 0 Å². The van der Waals surface area contributed by atoms with Crippen LogP contribution in [-0.2, 0) is 6.18 Å². The molecule has 1 aromatic carbocycles. The maximum Gasteiger partial charge on any atom is 0.416 e. The first-order valence-corrected chi connectivity index (χ1v) is 4.07. The Labute approximate surface area is 78.7 Å². The molecular weight excluding hydrogens is 195 g/mol. The van der Waals surface area contributed by atoms with E-state index in [1.807, 2.05) is 0 Å². The minimum absolute atomic E-state index is 0.234. The molecule has 0 saturated heterocycles. The highest BCUT2D eigenvalue weighted by molar-refractivity contribution is 5.64. The van der Waals surface area contributed by atoms with Gasteiger partial charge in [0.2, 0.25) is 0 Å². The molecule has 1 aliphatic heterocycles. The molecule has 0 saturated carbocycles. The minimum Gasteiger partial charge on any atom is -0.471 e. The van der Waals surface area contributed by atoms with E-state index in [0.717, 1.165) is 12.1 Å². The highest BCUT2D eigenvalue weighted by Gasteiger charge is 2.32. The van der Waals surface area contributed by atoms with Gasteiger partial charge in [0.05, 0.1) is 11.3 Å². The number of halogens is 3. The van der Waals surface area contributed by atoms with Crippen molar-refractivity contribution in [2.75, 3.05) is 12.0 Å². The van der Waals surface area contributed by atoms with E-state index in [1.54, 1.807) is 6.92 Å². The first-order chi connectivity index (χ1) is 6.48. The van der Waals surface area contributed by atoms with Crippen molar-refractivity contribution in [3.05, 3.63) is 23.3 Å². The van der Waals surface area contributed by atoms with E-state index >= 15 is 0 Å². The van der Waals surface area contributed by atoms with E-state index in [1.165, 1.54) is 0 Å². The summed E-state index contributed by atoms with van der Waals surface area (Å²) < 4.78 is 42.2. The highest BCUT2D eigenvalue weighted by atomic mass is 19.4. The molecule has 1 N–H and O–H groups in total. The summed E-state index contributed by atoms with van der Waals surface area (Å²) in [6, 6.07) is 2.15. The standard InChI is InChI=1S/C9H8F3NO/c1-5-2-6(9(10,11)12)3-7-8(5)14-4-13-7/h2-3,13H,4H2,1H3. The molecule has 1 aliphatic rings. The first kappa shape index (κ1) is 9.18. The van der Waals surface area contributed by atoms with E-state index in [0.29, 0.717) is 17.0 Å². The molecule has 14 heavy (non-hydrogen) atoms. The fourth-order valence-corrected chi connectivity index (χ4v) is 1.45. The lowest BCUT2D eigenvalue weighted by Gasteiger charge is -2.09. The Morgan fingerprint density at radius 2 is 2.07 bits per heavy atom. The van der Waals surface area contributed by atoms with Crippen LogP contribution < -0.4 is 10.1 Å². The fraction of sp³-hybridized carbons (Fsp3) is 0.333. The summed E-state index contributed by atoms with van der Waals surface area (Å²) in [6.45, 7) is 1.83. The molecule has 5 heteroatoms. The quantitative estimate of drug-likeness (QED) is 0.700. The Bertz CT molecular complexity index is 373. The molecule has 76 valence electrons. The van der Waals surface area contributed by atoms with Crippen molar-refractivity contribution in [3.8, 4) is 5.75 Å². The van der Waals surface area contributed by atoms with Crippen molar-refractivity contribution >= 4 is 5.69 Å². The number of hydrogen-bond acceptors (Lipinski definition) is 2. The van der Waals surface area contributed by atoms with Gasteiger partial charge < -0.3 is 10.1 Å². The van der Waals surface area contributed by atoms with Crippen LogP contribution in [0, 0.1) is 6.92 Å². The smallest absolute Gasteiger partial charge is 0.416 e. The number of aryl methyl sites for hydroxylation is 1. The lowest BCUT2D eigenvalue weighted by molar-refractivity contribution is -0.137. The molecule has 0 spiro atoms. The molecule has 0 atom stereocenters. The zero-order chi connectivity index (χ0) is 10.3. The molecule has 0 amide bonds. The maximum atomic E-state index is 12.4. The fourth-order valence-electron chi connectivity index (χ4n) is 1.45. The van der Waals surface area contributed by atoms with Gasteiger partial charge in [-0.25, -0.2) is 0 Å². The largest absolute Gasteiger partial charge is 0.471 e. The molecule has 0 aliphatic carbocycles. The summed E-state index contributed by atoms with van der Waals surface area (Å²) in [5.41, 5.74) is 0.268. The van der Waals surface area contributed by atoms with Gasteiger partial charge in [-0.15, -0.1) is 0 Å². The number of alkyl halides is 3. The molecule has 0 aromatic heterocycles. The van der Waals surface area contributed by atoms with Gasteiger partial charge in [0, 0.05) is 0 Å². The minimum atomic E-state index is -4.30. The monoisotopic (exact) mass is 203 g/mol. The van der Waals surface area contributed by atoms with Gasteiger partial charge in [-0.1, -0.05) is 0 Å². The number of benzene rings is 1. The summed E-state index contributed by atoms with van der Waals surface area (Å²) in [7, 11) is 0. The second-order valence-corrected chi connectivity index (χ2v) is 3.13. The molecule has 2 nitrogen and oxygen atoms in total. The molecule has 2 rings (SSSR count). The van der Waals surface area contributed by atoms with Crippen LogP contribution in [0.5, 0.6) is 5.75 Å². The molecule has 1 heterocycles. The van der Waals surface area contributed by atoms with Gasteiger partial charge in [-0.2, -0.15) is 13.2 Å². The van der Waals surface area contributed by atoms with Crippen LogP contribution in [0.2, 0.25) is 0 Å². The van der Waals surface area contributed by atoms with Gasteiger partial charge in [0.1, 0.15) is 5.75 Å². The zero-order valence-electron chi connectivity index (χ0n) is 7.40. The van der Waals surface area contributed by atoms with Crippen LogP contribution in [0.1, 0.15) is 11.1 Å². The molecule has 0 unspecified atom stereocenters. The van der Waals surface area contributed by atoms with Gasteiger partial charge >= 0.3 is 6.18 Å². The summed E-state index contributed by atoms with van der Waals surface area (Å²) in [4.78, 5) is 0. The maximum absolute atomic E-state index is 12.4. The Hall–Kier alpha value is -1.39. The van der Waals surface area contributed by atoms with Gasteiger partial charge in [0.25, 0.3) is 0 Å². The van der Waals surface area contributed by atoms with Gasteiger partial charge in [-0.3, -0.25) is 0 Å². The third-order valence-corrected chi connectivity index (χ3v) is 2.08. The second-order valence-electron chi connectivity index (χ2n) is 3.13. The lowest BCUT2D eigenvalue weighted by atomic mass is 10.1. The SMILES string of the molecule is Cc1cc(C(F)(F)F)cc2c1OCN2. The third-order valence-electron chi connectivity index (χ3n) is 2.08. The van der Waals surface area contributed by atoms with Crippen LogP contribution in [0.4, 0.5) is 18.9 Å². The van der Waals surface area contributed by atoms with E-state index in [4.69, 9.17) is 4.74 Å². The molecule has 0 bridgehead atoms. The summed E-state index contributed by atoms with van der Waals surface area (Å²) in [5.74, 6) is 0.512. The zero-order valence-corrected chi connectivity index (χ0v) is 7.40. The summed E-state index contributed by atoms with van der Waals surface area (Å²) in [5, 5.41) is 2.73. The van der Waals surface area contributed by atoms with Crippen molar-refractivity contribution in [1.82, 2.24) is 0 Å². The van der Waals surface area contributed by atoms with Crippen LogP contribution in [0.15, 0.2) is 12.1 Å². The number of ether oxygens (including phenoxy) is 1. The number of nitrogens with one attached hydrogen (secondary N) is 1. The average molecular weight is 203 g/mol. The average Bonchev–Trinajstić information content (AvgIpc) is 2.50. The second kappa shape index (κ2) is 2.80. The van der Waals surface area contributed by atoms with Crippen molar-refractivity contribution < 1.29 is 17.9 Å². The lowest BCUT2D eigenvalue weighted by Crippen LogP contribution is -2.05. The molecule has 0 radical (unpaired) electrons. The Morgan fingerprint density at radius 3 is 2.71 bits per heavy atom. The van der Waals surface area contributed by atoms with E-state index in [-0.39, 0.29) is 6.73 Å². The first-order valence-electron chi connectivity index (χ1n) is 4.07. The Kier molecular flexibility index (Phi) is 1.83. The number of fused-ring (bicyclic) bond motifs is 1. The normalized spacial score (nSPS) is 14.6. The van der Waals surface area contributed by atoms with Crippen molar-refractivity contribution in [3.63, 3.8) is 0 Å². The van der Waals surface area contributed by atoms with Crippen LogP contribution >= 0.6 is 0 Å². The Balaban J connectivity index is 2.52. The predicted molar refractivity (Wildman–Crippen MR) is 45.3 cm³/mol. The Morgan fingerprint density at radius 1 is 1.36 bits per heavy atom. The van der Waals surface area contributed by atoms with E-state index in [9.17, 15) is 13.2 Å². The van der Waals surface area contributed by atoms with Crippen molar-refractivity contribution in [2.45, 2.75) is 13.1 Å². The van der Waals surface area contributed by atoms with Crippen molar-refractivity contribution in [1.29, 1.82) is 0 Å². The van der Waals surface area contributed by atoms with E-state index in [2.05, 4.69) is 5.32 Å². The summed E-state index contributed by atoms with van der Waals surface area (Å²) in [6.07, 6.45) is -4.30. The van der Waals surface area contributed by atoms with Gasteiger partial charge in [0.15, 0.2) is 6.73 Å². The molecule has 1 aromatic rings.